The quantitative estimate of drug-likeness (QED) is 0.0422. The average molecular weight is 748 g/mol. The maximum atomic E-state index is 13.6. The second-order valence-electron chi connectivity index (χ2n) is 14.1. The van der Waals surface area contributed by atoms with Crippen LogP contribution in [0.15, 0.2) is 35.3 Å². The third-order valence-electron chi connectivity index (χ3n) is 8.61. The summed E-state index contributed by atoms with van der Waals surface area (Å²) in [6, 6.07) is 7.41. The third kappa shape index (κ3) is 21.5. The maximum absolute atomic E-state index is 13.6. The molecule has 14 heteroatoms. The molecule has 1 aromatic rings. The van der Waals surface area contributed by atoms with Gasteiger partial charge in [-0.25, -0.2) is 0 Å². The minimum atomic E-state index is -1.14. The van der Waals surface area contributed by atoms with Gasteiger partial charge in [-0.2, -0.15) is 0 Å². The summed E-state index contributed by atoms with van der Waals surface area (Å²) in [5, 5.41) is 15.6. The number of nitrogens with one attached hydrogen (secondary N) is 2. The molecule has 0 fully saturated rings. The summed E-state index contributed by atoms with van der Waals surface area (Å²) < 4.78 is 16.5. The van der Waals surface area contributed by atoms with Gasteiger partial charge in [0.1, 0.15) is 6.61 Å². The number of Topliss-reactive ketones (excluding diaryl/α,β-unsaturated/α-hetero) is 3. The van der Waals surface area contributed by atoms with Crippen LogP contribution in [0.3, 0.4) is 0 Å². The predicted molar refractivity (Wildman–Crippen MR) is 204 cm³/mol. The second-order valence-corrected chi connectivity index (χ2v) is 14.1. The Labute approximate surface area is 315 Å². The van der Waals surface area contributed by atoms with Crippen LogP contribution in [0.2, 0.25) is 0 Å². The van der Waals surface area contributed by atoms with E-state index in [1.165, 1.54) is 0 Å². The van der Waals surface area contributed by atoms with Crippen LogP contribution in [-0.2, 0) is 44.6 Å². The molecule has 1 rings (SSSR count). The lowest BCUT2D eigenvalue weighted by atomic mass is 9.90. The van der Waals surface area contributed by atoms with Gasteiger partial charge in [-0.15, -0.1) is 0 Å². The molecule has 0 aliphatic carbocycles. The molecule has 0 aliphatic heterocycles. The van der Waals surface area contributed by atoms with Crippen LogP contribution in [0.5, 0.6) is 0 Å². The van der Waals surface area contributed by atoms with Crippen LogP contribution < -0.4 is 22.1 Å². The van der Waals surface area contributed by atoms with Gasteiger partial charge in [0.25, 0.3) is 0 Å². The van der Waals surface area contributed by atoms with E-state index in [1.54, 1.807) is 20.8 Å². The van der Waals surface area contributed by atoms with Gasteiger partial charge in [-0.3, -0.25) is 29.0 Å². The Morgan fingerprint density at radius 1 is 0.774 bits per heavy atom. The average Bonchev–Trinajstić information content (AvgIpc) is 3.12. The predicted octanol–water partition coefficient (Wildman–Crippen LogP) is 2.52. The molecule has 53 heavy (non-hydrogen) atoms. The van der Waals surface area contributed by atoms with Gasteiger partial charge in [-0.05, 0) is 49.5 Å². The zero-order chi connectivity index (χ0) is 39.6. The molecule has 0 heterocycles. The number of carbonyl (C=O) groups is 5. The summed E-state index contributed by atoms with van der Waals surface area (Å²) in [5.41, 5.74) is 11.7. The highest BCUT2D eigenvalue weighted by Gasteiger charge is 2.33. The highest BCUT2D eigenvalue weighted by Crippen LogP contribution is 2.17. The number of ether oxygens (including phenoxy) is 3. The van der Waals surface area contributed by atoms with E-state index in [4.69, 9.17) is 25.7 Å². The lowest BCUT2D eigenvalue weighted by molar-refractivity contribution is -0.136. The first-order valence-corrected chi connectivity index (χ1v) is 18.9. The molecule has 1 aromatic carbocycles. The van der Waals surface area contributed by atoms with Crippen molar-refractivity contribution in [2.45, 2.75) is 98.1 Å². The highest BCUT2D eigenvalue weighted by atomic mass is 16.5. The molecule has 300 valence electrons. The van der Waals surface area contributed by atoms with Crippen LogP contribution in [-0.4, -0.2) is 105 Å². The number of hydrogen-bond acceptors (Lipinski definition) is 10. The van der Waals surface area contributed by atoms with E-state index in [1.807, 2.05) is 30.3 Å². The molecular formula is C39H65N5O9. The molecule has 0 bridgehead atoms. The Morgan fingerprint density at radius 3 is 1.98 bits per heavy atom. The van der Waals surface area contributed by atoms with E-state index in [0.29, 0.717) is 38.8 Å². The number of ketones is 3. The van der Waals surface area contributed by atoms with Gasteiger partial charge < -0.3 is 41.4 Å². The molecule has 0 aromatic heterocycles. The summed E-state index contributed by atoms with van der Waals surface area (Å²) in [5.74, 6) is -3.81. The summed E-state index contributed by atoms with van der Waals surface area (Å²) >= 11 is 0. The smallest absolute Gasteiger partial charge is 0.226 e. The Morgan fingerprint density at radius 2 is 1.40 bits per heavy atom. The molecule has 0 saturated carbocycles. The highest BCUT2D eigenvalue weighted by molar-refractivity contribution is 5.95. The largest absolute Gasteiger partial charge is 0.396 e. The SMILES string of the molecule is CCC(=O)[C@H](Cc1ccccc1)NC(=O)[C@H](CO)CC(=O)[C@@H](NC(=O)[C@H](CCCN=C(N)N)CC(=O)COCCOCCOCCCC(C)C)C(C)C. The van der Waals surface area contributed by atoms with Crippen LogP contribution in [0.1, 0.15) is 85.1 Å². The molecule has 0 saturated heterocycles. The normalized spacial score (nSPS) is 13.6. The van der Waals surface area contributed by atoms with Crippen molar-refractivity contribution in [2.75, 3.05) is 52.8 Å². The number of carbonyl (C=O) groups excluding carboxylic acids is 5. The number of guanidine groups is 1. The Hall–Kier alpha value is -3.72. The summed E-state index contributed by atoms with van der Waals surface area (Å²) in [6.07, 6.45) is 2.77. The Kier molecular flexibility index (Phi) is 24.8. The van der Waals surface area contributed by atoms with E-state index >= 15 is 0 Å². The molecule has 2 amide bonds. The molecule has 0 aliphatic rings. The fraction of sp³-hybridized carbons (Fsp3) is 0.692. The molecule has 0 spiro atoms. The topological polar surface area (TPSA) is 222 Å². The zero-order valence-corrected chi connectivity index (χ0v) is 32.5. The first-order chi connectivity index (χ1) is 25.3. The number of aliphatic hydroxyl groups is 1. The van der Waals surface area contributed by atoms with Crippen molar-refractivity contribution in [3.63, 3.8) is 0 Å². The number of nitrogens with zero attached hydrogens (tertiary/aromatic N) is 1. The number of nitrogens with two attached hydrogens (primary N) is 2. The number of hydrogen-bond donors (Lipinski definition) is 5. The fourth-order valence-electron chi connectivity index (χ4n) is 5.56. The van der Waals surface area contributed by atoms with Crippen LogP contribution in [0.25, 0.3) is 0 Å². The first-order valence-electron chi connectivity index (χ1n) is 18.9. The number of rotatable bonds is 31. The molecular weight excluding hydrogens is 682 g/mol. The molecule has 7 N–H and O–H groups in total. The summed E-state index contributed by atoms with van der Waals surface area (Å²) in [6.45, 7) is 11.0. The maximum Gasteiger partial charge on any atom is 0.226 e. The lowest BCUT2D eigenvalue weighted by Crippen LogP contribution is -2.49. The fourth-order valence-corrected chi connectivity index (χ4v) is 5.56. The lowest BCUT2D eigenvalue weighted by Gasteiger charge is -2.26. The van der Waals surface area contributed by atoms with E-state index in [9.17, 15) is 29.1 Å². The number of aliphatic hydroxyl groups excluding tert-OH is 1. The third-order valence-corrected chi connectivity index (χ3v) is 8.61. The van der Waals surface area contributed by atoms with Gasteiger partial charge in [0.2, 0.25) is 11.8 Å². The Balaban J connectivity index is 2.79. The Bertz CT molecular complexity index is 1250. The van der Waals surface area contributed by atoms with Gasteiger partial charge in [0.05, 0.1) is 51.0 Å². The van der Waals surface area contributed by atoms with Gasteiger partial charge in [0.15, 0.2) is 23.3 Å². The minimum Gasteiger partial charge on any atom is -0.396 e. The monoisotopic (exact) mass is 747 g/mol. The van der Waals surface area contributed by atoms with E-state index in [-0.39, 0.29) is 75.3 Å². The summed E-state index contributed by atoms with van der Waals surface area (Å²) in [7, 11) is 0. The van der Waals surface area contributed by atoms with Crippen LogP contribution in [0, 0.1) is 23.7 Å². The second kappa shape index (κ2) is 27.8. The number of benzene rings is 1. The van der Waals surface area contributed by atoms with Crippen LogP contribution >= 0.6 is 0 Å². The van der Waals surface area contributed by atoms with Crippen molar-refractivity contribution in [1.82, 2.24) is 10.6 Å². The van der Waals surface area contributed by atoms with Gasteiger partial charge in [0, 0.05) is 38.3 Å². The van der Waals surface area contributed by atoms with Crippen molar-refractivity contribution in [1.29, 1.82) is 0 Å². The van der Waals surface area contributed by atoms with Crippen molar-refractivity contribution in [3.05, 3.63) is 35.9 Å². The van der Waals surface area contributed by atoms with E-state index in [2.05, 4.69) is 29.5 Å². The number of aliphatic imine (C=N–C) groups is 1. The van der Waals surface area contributed by atoms with Gasteiger partial charge >= 0.3 is 0 Å². The van der Waals surface area contributed by atoms with Crippen molar-refractivity contribution >= 4 is 35.1 Å². The van der Waals surface area contributed by atoms with Gasteiger partial charge in [-0.1, -0.05) is 65.0 Å². The van der Waals surface area contributed by atoms with Crippen LogP contribution in [0.4, 0.5) is 0 Å². The van der Waals surface area contributed by atoms with E-state index in [0.717, 1.165) is 18.4 Å². The van der Waals surface area contributed by atoms with E-state index < -0.39 is 48.1 Å². The zero-order valence-electron chi connectivity index (χ0n) is 32.5. The standard InChI is InChI=1S/C39H65N5O9/c1-6-34(47)33(22-29-13-8-7-9-14-29)43-38(50)31(25-45)24-35(48)36(28(4)5)44-37(49)30(15-10-16-42-39(40)41)23-32(46)26-53-21-20-52-19-18-51-17-11-12-27(2)3/h7-9,13-14,27-28,30-31,33,36,45H,6,10-12,15-26H2,1-5H3,(H,43,50)(H,44,49)(H4,40,41,42)/t30-,31+,33+,36+/m1/s1. The first kappa shape index (κ1) is 47.3. The molecule has 14 nitrogen and oxygen atoms in total. The van der Waals surface area contributed by atoms with Crippen molar-refractivity contribution < 1.29 is 43.3 Å². The minimum absolute atomic E-state index is 0.0891. The van der Waals surface area contributed by atoms with Crippen molar-refractivity contribution in [2.24, 2.45) is 40.1 Å². The summed E-state index contributed by atoms with van der Waals surface area (Å²) in [4.78, 5) is 69.9. The molecule has 0 unspecified atom stereocenters. The van der Waals surface area contributed by atoms with Crippen molar-refractivity contribution in [3.8, 4) is 0 Å². The number of amides is 2. The molecule has 0 radical (unpaired) electrons. The molecule has 4 atom stereocenters.